The van der Waals surface area contributed by atoms with Gasteiger partial charge in [0.25, 0.3) is 11.5 Å². The molecule has 0 bridgehead atoms. The van der Waals surface area contributed by atoms with Gasteiger partial charge in [0, 0.05) is 44.6 Å². The van der Waals surface area contributed by atoms with Gasteiger partial charge in [-0.05, 0) is 24.8 Å². The molecule has 21 heavy (non-hydrogen) atoms. The number of aryl methyl sites for hydroxylation is 1. The molecular formula is C15H19N3O3. The SMILES string of the molecule is Cn1cc(C(=O)NCC2CCOCC2)c2cc[nH]c2c1=O. The van der Waals surface area contributed by atoms with Crippen LogP contribution in [0.4, 0.5) is 0 Å². The average Bonchev–Trinajstić information content (AvgIpc) is 2.99. The van der Waals surface area contributed by atoms with Gasteiger partial charge in [0.2, 0.25) is 0 Å². The molecule has 0 radical (unpaired) electrons. The third-order valence-corrected chi connectivity index (χ3v) is 4.03. The van der Waals surface area contributed by atoms with Gasteiger partial charge in [-0.15, -0.1) is 0 Å². The van der Waals surface area contributed by atoms with E-state index in [2.05, 4.69) is 10.3 Å². The predicted octanol–water partition coefficient (Wildman–Crippen LogP) is 1.02. The number of carbonyl (C=O) groups is 1. The Morgan fingerprint density at radius 3 is 3.00 bits per heavy atom. The first kappa shape index (κ1) is 13.9. The Bertz CT molecular complexity index is 711. The van der Waals surface area contributed by atoms with Gasteiger partial charge in [-0.25, -0.2) is 0 Å². The van der Waals surface area contributed by atoms with Gasteiger partial charge in [0.1, 0.15) is 5.52 Å². The number of amides is 1. The van der Waals surface area contributed by atoms with E-state index in [1.165, 1.54) is 4.57 Å². The van der Waals surface area contributed by atoms with Crippen LogP contribution >= 0.6 is 0 Å². The minimum Gasteiger partial charge on any atom is -0.381 e. The van der Waals surface area contributed by atoms with E-state index in [4.69, 9.17) is 4.74 Å². The molecule has 1 fully saturated rings. The van der Waals surface area contributed by atoms with Crippen molar-refractivity contribution in [1.82, 2.24) is 14.9 Å². The number of rotatable bonds is 3. The van der Waals surface area contributed by atoms with Crippen LogP contribution in [0, 0.1) is 5.92 Å². The van der Waals surface area contributed by atoms with Crippen molar-refractivity contribution >= 4 is 16.8 Å². The first-order chi connectivity index (χ1) is 10.2. The molecule has 3 rings (SSSR count). The van der Waals surface area contributed by atoms with Crippen LogP contribution in [0.3, 0.4) is 0 Å². The number of aromatic nitrogens is 2. The van der Waals surface area contributed by atoms with Crippen molar-refractivity contribution in [2.75, 3.05) is 19.8 Å². The van der Waals surface area contributed by atoms with Crippen LogP contribution in [-0.4, -0.2) is 35.2 Å². The summed E-state index contributed by atoms with van der Waals surface area (Å²) < 4.78 is 6.75. The van der Waals surface area contributed by atoms with Gasteiger partial charge in [0.15, 0.2) is 0 Å². The number of aromatic amines is 1. The largest absolute Gasteiger partial charge is 0.381 e. The summed E-state index contributed by atoms with van der Waals surface area (Å²) in [5.41, 5.74) is 0.868. The summed E-state index contributed by atoms with van der Waals surface area (Å²) in [7, 11) is 1.65. The van der Waals surface area contributed by atoms with E-state index in [-0.39, 0.29) is 11.5 Å². The number of fused-ring (bicyclic) bond motifs is 1. The first-order valence-corrected chi connectivity index (χ1v) is 7.19. The van der Waals surface area contributed by atoms with Crippen LogP contribution in [0.5, 0.6) is 0 Å². The smallest absolute Gasteiger partial charge is 0.274 e. The van der Waals surface area contributed by atoms with Crippen molar-refractivity contribution < 1.29 is 9.53 Å². The fraction of sp³-hybridized carbons (Fsp3) is 0.467. The van der Waals surface area contributed by atoms with Crippen LogP contribution in [0.2, 0.25) is 0 Å². The van der Waals surface area contributed by atoms with Crippen LogP contribution in [-0.2, 0) is 11.8 Å². The quantitative estimate of drug-likeness (QED) is 0.886. The molecule has 0 unspecified atom stereocenters. The van der Waals surface area contributed by atoms with Gasteiger partial charge in [-0.3, -0.25) is 9.59 Å². The second-order valence-electron chi connectivity index (χ2n) is 5.49. The lowest BCUT2D eigenvalue weighted by molar-refractivity contribution is 0.0643. The van der Waals surface area contributed by atoms with Crippen molar-refractivity contribution in [3.05, 3.63) is 34.4 Å². The lowest BCUT2D eigenvalue weighted by Crippen LogP contribution is -2.33. The van der Waals surface area contributed by atoms with E-state index in [1.54, 1.807) is 25.5 Å². The summed E-state index contributed by atoms with van der Waals surface area (Å²) in [5, 5.41) is 3.64. The summed E-state index contributed by atoms with van der Waals surface area (Å²) in [6.07, 6.45) is 5.24. The van der Waals surface area contributed by atoms with Crippen LogP contribution < -0.4 is 10.9 Å². The number of carbonyl (C=O) groups excluding carboxylic acids is 1. The molecule has 1 saturated heterocycles. The van der Waals surface area contributed by atoms with Crippen molar-refractivity contribution in [2.45, 2.75) is 12.8 Å². The Hall–Kier alpha value is -2.08. The number of H-pyrrole nitrogens is 1. The molecule has 0 aliphatic carbocycles. The highest BCUT2D eigenvalue weighted by Crippen LogP contribution is 2.16. The van der Waals surface area contributed by atoms with E-state index >= 15 is 0 Å². The van der Waals surface area contributed by atoms with Gasteiger partial charge in [-0.1, -0.05) is 0 Å². The summed E-state index contributed by atoms with van der Waals surface area (Å²) in [6, 6.07) is 1.76. The van der Waals surface area contributed by atoms with Crippen molar-refractivity contribution in [2.24, 2.45) is 13.0 Å². The highest BCUT2D eigenvalue weighted by molar-refractivity contribution is 6.05. The van der Waals surface area contributed by atoms with Gasteiger partial charge in [-0.2, -0.15) is 0 Å². The number of nitrogens with one attached hydrogen (secondary N) is 2. The summed E-state index contributed by atoms with van der Waals surface area (Å²) in [6.45, 7) is 2.18. The molecule has 1 aliphatic heterocycles. The zero-order valence-corrected chi connectivity index (χ0v) is 12.0. The number of nitrogens with zero attached hydrogens (tertiary/aromatic N) is 1. The summed E-state index contributed by atoms with van der Waals surface area (Å²) >= 11 is 0. The topological polar surface area (TPSA) is 76.1 Å². The van der Waals surface area contributed by atoms with Gasteiger partial charge >= 0.3 is 0 Å². The fourth-order valence-electron chi connectivity index (χ4n) is 2.73. The second-order valence-corrected chi connectivity index (χ2v) is 5.49. The fourth-order valence-corrected chi connectivity index (χ4v) is 2.73. The maximum Gasteiger partial charge on any atom is 0.274 e. The Balaban J connectivity index is 1.79. The summed E-state index contributed by atoms with van der Waals surface area (Å²) in [4.78, 5) is 27.2. The molecule has 1 aliphatic rings. The molecule has 6 heteroatoms. The van der Waals surface area contributed by atoms with E-state index in [9.17, 15) is 9.59 Å². The molecule has 0 spiro atoms. The van der Waals surface area contributed by atoms with Crippen molar-refractivity contribution in [1.29, 1.82) is 0 Å². The lowest BCUT2D eigenvalue weighted by atomic mass is 10.0. The van der Waals surface area contributed by atoms with Gasteiger partial charge in [0.05, 0.1) is 5.56 Å². The third kappa shape index (κ3) is 2.71. The normalized spacial score (nSPS) is 16.2. The number of hydrogen-bond acceptors (Lipinski definition) is 3. The minimum atomic E-state index is -0.137. The second kappa shape index (κ2) is 5.73. The molecular weight excluding hydrogens is 270 g/mol. The monoisotopic (exact) mass is 289 g/mol. The van der Waals surface area contributed by atoms with Crippen LogP contribution in [0.15, 0.2) is 23.3 Å². The molecule has 2 aromatic heterocycles. The maximum atomic E-state index is 12.4. The Morgan fingerprint density at radius 1 is 1.48 bits per heavy atom. The number of hydrogen-bond donors (Lipinski definition) is 2. The number of ether oxygens (including phenoxy) is 1. The minimum absolute atomic E-state index is 0.129. The average molecular weight is 289 g/mol. The highest BCUT2D eigenvalue weighted by Gasteiger charge is 2.18. The maximum absolute atomic E-state index is 12.4. The number of pyridine rings is 1. The molecule has 0 aromatic carbocycles. The highest BCUT2D eigenvalue weighted by atomic mass is 16.5. The molecule has 0 atom stereocenters. The Kier molecular flexibility index (Phi) is 3.79. The Morgan fingerprint density at radius 2 is 2.24 bits per heavy atom. The molecule has 2 N–H and O–H groups in total. The van der Waals surface area contributed by atoms with Crippen molar-refractivity contribution in [3.8, 4) is 0 Å². The molecule has 2 aromatic rings. The molecule has 112 valence electrons. The summed E-state index contributed by atoms with van der Waals surface area (Å²) in [5.74, 6) is 0.332. The van der Waals surface area contributed by atoms with E-state index in [0.29, 0.717) is 28.9 Å². The van der Waals surface area contributed by atoms with Gasteiger partial charge < -0.3 is 19.6 Å². The zero-order chi connectivity index (χ0) is 14.8. The van der Waals surface area contributed by atoms with E-state index in [0.717, 1.165) is 26.1 Å². The zero-order valence-electron chi connectivity index (χ0n) is 12.0. The molecule has 1 amide bonds. The predicted molar refractivity (Wildman–Crippen MR) is 79.4 cm³/mol. The van der Waals surface area contributed by atoms with E-state index in [1.807, 2.05) is 0 Å². The Labute approximate surface area is 122 Å². The van der Waals surface area contributed by atoms with Crippen molar-refractivity contribution in [3.63, 3.8) is 0 Å². The van der Waals surface area contributed by atoms with E-state index < -0.39 is 0 Å². The standard InChI is InChI=1S/C15H19N3O3/c1-18-9-12(11-2-5-16-13(11)15(18)20)14(19)17-8-10-3-6-21-7-4-10/h2,5,9-10,16H,3-4,6-8H2,1H3,(H,17,19). The lowest BCUT2D eigenvalue weighted by Gasteiger charge is -2.22. The van der Waals surface area contributed by atoms with Crippen LogP contribution in [0.25, 0.3) is 10.9 Å². The third-order valence-electron chi connectivity index (χ3n) is 4.03. The molecule has 0 saturated carbocycles. The molecule has 6 nitrogen and oxygen atoms in total. The van der Waals surface area contributed by atoms with Crippen LogP contribution in [0.1, 0.15) is 23.2 Å². The molecule has 3 heterocycles. The first-order valence-electron chi connectivity index (χ1n) is 7.19.